The number of halogens is 2. The molecule has 0 saturated heterocycles. The SMILES string of the molecule is C=CC/C=C(\C(Cl)=C(/C)Cl)n1c(C)c(C)c2ccccc21. The van der Waals surface area contributed by atoms with E-state index in [1.807, 2.05) is 12.1 Å². The molecule has 0 aliphatic heterocycles. The second-order valence-corrected chi connectivity index (χ2v) is 5.97. The van der Waals surface area contributed by atoms with Gasteiger partial charge in [-0.2, -0.15) is 0 Å². The number of fused-ring (bicyclic) bond motifs is 1. The number of hydrogen-bond donors (Lipinski definition) is 0. The van der Waals surface area contributed by atoms with Crippen molar-refractivity contribution in [3.8, 4) is 0 Å². The van der Waals surface area contributed by atoms with E-state index in [1.54, 1.807) is 6.92 Å². The smallest absolute Gasteiger partial charge is 0.0785 e. The van der Waals surface area contributed by atoms with E-state index in [1.165, 1.54) is 16.6 Å². The first kappa shape index (κ1) is 15.9. The lowest BCUT2D eigenvalue weighted by molar-refractivity contribution is 1.06. The average molecular weight is 320 g/mol. The van der Waals surface area contributed by atoms with Gasteiger partial charge in [0.15, 0.2) is 0 Å². The van der Waals surface area contributed by atoms with Crippen LogP contribution in [0.25, 0.3) is 16.6 Å². The summed E-state index contributed by atoms with van der Waals surface area (Å²) >= 11 is 12.6. The van der Waals surface area contributed by atoms with Gasteiger partial charge in [0.05, 0.1) is 16.2 Å². The van der Waals surface area contributed by atoms with Gasteiger partial charge in [0.1, 0.15) is 0 Å². The van der Waals surface area contributed by atoms with Crippen molar-refractivity contribution in [1.29, 1.82) is 0 Å². The molecule has 0 N–H and O–H groups in total. The van der Waals surface area contributed by atoms with Crippen LogP contribution in [-0.2, 0) is 0 Å². The van der Waals surface area contributed by atoms with Crippen LogP contribution in [-0.4, -0.2) is 4.57 Å². The summed E-state index contributed by atoms with van der Waals surface area (Å²) in [6.45, 7) is 9.81. The summed E-state index contributed by atoms with van der Waals surface area (Å²) in [7, 11) is 0. The van der Waals surface area contributed by atoms with E-state index in [9.17, 15) is 0 Å². The van der Waals surface area contributed by atoms with Crippen LogP contribution in [0.15, 0.2) is 53.1 Å². The second-order valence-electron chi connectivity index (χ2n) is 5.02. The van der Waals surface area contributed by atoms with Gasteiger partial charge in [-0.25, -0.2) is 0 Å². The van der Waals surface area contributed by atoms with Crippen molar-refractivity contribution in [1.82, 2.24) is 4.57 Å². The Balaban J connectivity index is 2.81. The number of aryl methyl sites for hydroxylation is 1. The van der Waals surface area contributed by atoms with Gasteiger partial charge < -0.3 is 4.57 Å². The molecule has 2 rings (SSSR count). The number of hydrogen-bond acceptors (Lipinski definition) is 0. The molecule has 0 amide bonds. The maximum atomic E-state index is 6.46. The topological polar surface area (TPSA) is 4.93 Å². The molecule has 0 bridgehead atoms. The molecular weight excluding hydrogens is 301 g/mol. The minimum Gasteiger partial charge on any atom is -0.312 e. The third-order valence-electron chi connectivity index (χ3n) is 3.67. The minimum atomic E-state index is 0.572. The molecular formula is C18H19Cl2N. The van der Waals surface area contributed by atoms with Gasteiger partial charge >= 0.3 is 0 Å². The molecule has 1 aromatic heterocycles. The van der Waals surface area contributed by atoms with Crippen LogP contribution in [0, 0.1) is 13.8 Å². The molecule has 2 aromatic rings. The lowest BCUT2D eigenvalue weighted by atomic mass is 10.2. The maximum absolute atomic E-state index is 6.46. The summed E-state index contributed by atoms with van der Waals surface area (Å²) in [6, 6.07) is 8.32. The summed E-state index contributed by atoms with van der Waals surface area (Å²) in [5.74, 6) is 0. The van der Waals surface area contributed by atoms with E-state index in [0.717, 1.165) is 17.6 Å². The van der Waals surface area contributed by atoms with Crippen LogP contribution in [0.1, 0.15) is 24.6 Å². The molecule has 1 heterocycles. The molecule has 3 heteroatoms. The number of para-hydroxylation sites is 1. The Labute approximate surface area is 136 Å². The number of nitrogens with zero attached hydrogens (tertiary/aromatic N) is 1. The Morgan fingerprint density at radius 3 is 2.52 bits per heavy atom. The van der Waals surface area contributed by atoms with Gasteiger partial charge in [-0.05, 0) is 38.8 Å². The highest BCUT2D eigenvalue weighted by atomic mass is 35.5. The molecule has 0 radical (unpaired) electrons. The molecule has 1 nitrogen and oxygen atoms in total. The van der Waals surface area contributed by atoms with E-state index in [4.69, 9.17) is 23.2 Å². The quantitative estimate of drug-likeness (QED) is 0.455. The Hall–Kier alpha value is -1.44. The zero-order valence-electron chi connectivity index (χ0n) is 12.6. The highest BCUT2D eigenvalue weighted by molar-refractivity contribution is 6.43. The third-order valence-corrected chi connectivity index (χ3v) is 4.44. The number of aromatic nitrogens is 1. The monoisotopic (exact) mass is 319 g/mol. The zero-order chi connectivity index (χ0) is 15.6. The maximum Gasteiger partial charge on any atom is 0.0785 e. The average Bonchev–Trinajstić information content (AvgIpc) is 2.73. The molecule has 0 fully saturated rings. The van der Waals surface area contributed by atoms with Crippen molar-refractivity contribution in [2.24, 2.45) is 0 Å². The molecule has 110 valence electrons. The van der Waals surface area contributed by atoms with Crippen molar-refractivity contribution < 1.29 is 0 Å². The Kier molecular flexibility index (Phi) is 4.97. The first-order valence-electron chi connectivity index (χ1n) is 6.89. The van der Waals surface area contributed by atoms with Gasteiger partial charge in [-0.15, -0.1) is 6.58 Å². The van der Waals surface area contributed by atoms with Crippen LogP contribution >= 0.6 is 23.2 Å². The number of allylic oxidation sites excluding steroid dienone is 5. The zero-order valence-corrected chi connectivity index (χ0v) is 14.1. The fourth-order valence-electron chi connectivity index (χ4n) is 2.49. The first-order valence-corrected chi connectivity index (χ1v) is 7.65. The highest BCUT2D eigenvalue weighted by Crippen LogP contribution is 2.34. The van der Waals surface area contributed by atoms with Crippen LogP contribution < -0.4 is 0 Å². The Bertz CT molecular complexity index is 744. The molecule has 0 aliphatic carbocycles. The highest BCUT2D eigenvalue weighted by Gasteiger charge is 2.16. The number of benzene rings is 1. The summed E-state index contributed by atoms with van der Waals surface area (Å²) in [6.07, 6.45) is 4.64. The summed E-state index contributed by atoms with van der Waals surface area (Å²) in [5.41, 5.74) is 4.47. The minimum absolute atomic E-state index is 0.572. The molecule has 0 atom stereocenters. The molecule has 1 aromatic carbocycles. The van der Waals surface area contributed by atoms with E-state index in [-0.39, 0.29) is 0 Å². The fraction of sp³-hybridized carbons (Fsp3) is 0.222. The van der Waals surface area contributed by atoms with Gasteiger partial charge in [0.25, 0.3) is 0 Å². The molecule has 0 aliphatic rings. The van der Waals surface area contributed by atoms with Crippen molar-refractivity contribution in [2.75, 3.05) is 0 Å². The van der Waals surface area contributed by atoms with E-state index in [0.29, 0.717) is 10.1 Å². The predicted molar refractivity (Wildman–Crippen MR) is 94.9 cm³/mol. The Morgan fingerprint density at radius 2 is 1.90 bits per heavy atom. The van der Waals surface area contributed by atoms with Crippen molar-refractivity contribution >= 4 is 39.8 Å². The summed E-state index contributed by atoms with van der Waals surface area (Å²) in [4.78, 5) is 0. The standard InChI is InChI=1S/C18H19Cl2N/c1-5-6-10-17(18(20)13(3)19)21-14(4)12(2)15-9-7-8-11-16(15)21/h5,7-11H,1,6H2,2-4H3/b17-10+,18-13-. The summed E-state index contributed by atoms with van der Waals surface area (Å²) < 4.78 is 2.17. The van der Waals surface area contributed by atoms with Crippen molar-refractivity contribution in [2.45, 2.75) is 27.2 Å². The van der Waals surface area contributed by atoms with Crippen molar-refractivity contribution in [3.05, 3.63) is 64.3 Å². The third kappa shape index (κ3) is 2.95. The van der Waals surface area contributed by atoms with Crippen LogP contribution in [0.4, 0.5) is 0 Å². The largest absolute Gasteiger partial charge is 0.312 e. The van der Waals surface area contributed by atoms with Crippen LogP contribution in [0.2, 0.25) is 0 Å². The fourth-order valence-corrected chi connectivity index (χ4v) is 2.75. The van der Waals surface area contributed by atoms with Crippen LogP contribution in [0.3, 0.4) is 0 Å². The molecule has 0 spiro atoms. The molecule has 21 heavy (non-hydrogen) atoms. The summed E-state index contributed by atoms with van der Waals surface area (Å²) in [5, 5.41) is 2.39. The van der Waals surface area contributed by atoms with E-state index >= 15 is 0 Å². The number of rotatable bonds is 4. The first-order chi connectivity index (χ1) is 9.99. The lowest BCUT2D eigenvalue weighted by Gasteiger charge is -2.14. The van der Waals surface area contributed by atoms with Crippen molar-refractivity contribution in [3.63, 3.8) is 0 Å². The van der Waals surface area contributed by atoms with E-state index < -0.39 is 0 Å². The predicted octanol–water partition coefficient (Wildman–Crippen LogP) is 6.38. The van der Waals surface area contributed by atoms with Gasteiger partial charge in [-0.1, -0.05) is 53.6 Å². The van der Waals surface area contributed by atoms with Gasteiger partial charge in [-0.3, -0.25) is 0 Å². The van der Waals surface area contributed by atoms with E-state index in [2.05, 4.69) is 49.3 Å². The van der Waals surface area contributed by atoms with Gasteiger partial charge in [0, 0.05) is 16.1 Å². The lowest BCUT2D eigenvalue weighted by Crippen LogP contribution is -2.01. The second kappa shape index (κ2) is 6.55. The Morgan fingerprint density at radius 1 is 1.24 bits per heavy atom. The molecule has 0 saturated carbocycles. The molecule has 0 unspecified atom stereocenters. The van der Waals surface area contributed by atoms with Crippen LogP contribution in [0.5, 0.6) is 0 Å². The normalized spacial score (nSPS) is 13.5. The van der Waals surface area contributed by atoms with Gasteiger partial charge in [0.2, 0.25) is 0 Å².